The first-order chi connectivity index (χ1) is 8.08. The van der Waals surface area contributed by atoms with E-state index >= 15 is 0 Å². The lowest BCUT2D eigenvalue weighted by Crippen LogP contribution is -2.53. The first-order valence-corrected chi connectivity index (χ1v) is 6.77. The van der Waals surface area contributed by atoms with Crippen LogP contribution in [0.3, 0.4) is 0 Å². The number of hydrogen-bond acceptors (Lipinski definition) is 3. The number of morpholine rings is 1. The monoisotopic (exact) mass is 240 g/mol. The Balaban J connectivity index is 1.98. The lowest BCUT2D eigenvalue weighted by molar-refractivity contribution is -0.148. The van der Waals surface area contributed by atoms with Crippen molar-refractivity contribution in [3.8, 4) is 0 Å². The normalized spacial score (nSPS) is 39.1. The molecular weight excluding hydrogens is 216 g/mol. The summed E-state index contributed by atoms with van der Waals surface area (Å²) in [5.74, 6) is 0.292. The number of carbonyl (C=O) groups excluding carboxylic acids is 1. The smallest absolute Gasteiger partial charge is 0.227 e. The second kappa shape index (κ2) is 5.36. The molecule has 0 aromatic carbocycles. The molecule has 4 heteroatoms. The topological polar surface area (TPSA) is 55.6 Å². The van der Waals surface area contributed by atoms with Crippen LogP contribution in [0, 0.1) is 5.92 Å². The van der Waals surface area contributed by atoms with Gasteiger partial charge in [-0.3, -0.25) is 4.79 Å². The van der Waals surface area contributed by atoms with Crippen LogP contribution < -0.4 is 5.73 Å². The first-order valence-electron chi connectivity index (χ1n) is 6.77. The van der Waals surface area contributed by atoms with Gasteiger partial charge in [0.1, 0.15) is 0 Å². The molecule has 2 fully saturated rings. The highest BCUT2D eigenvalue weighted by atomic mass is 16.5. The van der Waals surface area contributed by atoms with Gasteiger partial charge in [0.2, 0.25) is 5.91 Å². The molecule has 2 rings (SSSR count). The van der Waals surface area contributed by atoms with Gasteiger partial charge in [0, 0.05) is 19.1 Å². The summed E-state index contributed by atoms with van der Waals surface area (Å²) in [4.78, 5) is 14.4. The van der Waals surface area contributed by atoms with E-state index in [9.17, 15) is 4.79 Å². The summed E-state index contributed by atoms with van der Waals surface area (Å²) in [5.41, 5.74) is 6.08. The minimum absolute atomic E-state index is 0.0428. The van der Waals surface area contributed by atoms with Gasteiger partial charge in [-0.2, -0.15) is 0 Å². The molecule has 1 heterocycles. The molecule has 0 aromatic rings. The second-order valence-electron chi connectivity index (χ2n) is 5.56. The van der Waals surface area contributed by atoms with Gasteiger partial charge in [0.15, 0.2) is 0 Å². The molecule has 1 aliphatic heterocycles. The Kier molecular flexibility index (Phi) is 4.05. The van der Waals surface area contributed by atoms with E-state index in [0.29, 0.717) is 13.1 Å². The van der Waals surface area contributed by atoms with Crippen LogP contribution in [0.1, 0.15) is 39.5 Å². The Hall–Kier alpha value is -0.610. The molecule has 17 heavy (non-hydrogen) atoms. The molecule has 0 aromatic heterocycles. The van der Waals surface area contributed by atoms with Crippen LogP contribution in [-0.4, -0.2) is 42.1 Å². The fraction of sp³-hybridized carbons (Fsp3) is 0.923. The third-order valence-electron chi connectivity index (χ3n) is 3.87. The summed E-state index contributed by atoms with van der Waals surface area (Å²) >= 11 is 0. The predicted octanol–water partition coefficient (Wildman–Crippen LogP) is 1.14. The molecule has 1 saturated heterocycles. The maximum atomic E-state index is 12.4. The van der Waals surface area contributed by atoms with Crippen LogP contribution in [0.15, 0.2) is 0 Å². The van der Waals surface area contributed by atoms with E-state index < -0.39 is 0 Å². The summed E-state index contributed by atoms with van der Waals surface area (Å²) < 4.78 is 5.66. The molecule has 4 atom stereocenters. The van der Waals surface area contributed by atoms with Crippen molar-refractivity contribution >= 4 is 5.91 Å². The molecular formula is C13H24N2O2. The Morgan fingerprint density at radius 2 is 1.76 bits per heavy atom. The molecule has 0 spiro atoms. The SMILES string of the molecule is CC1CN(C(=O)C2CCCCC2N)CC(C)O1. The Labute approximate surface area is 103 Å². The zero-order chi connectivity index (χ0) is 12.4. The highest BCUT2D eigenvalue weighted by Gasteiger charge is 2.34. The summed E-state index contributed by atoms with van der Waals surface area (Å²) in [6.07, 6.45) is 4.54. The van der Waals surface area contributed by atoms with Gasteiger partial charge in [0.05, 0.1) is 18.1 Å². The third-order valence-corrected chi connectivity index (χ3v) is 3.87. The van der Waals surface area contributed by atoms with Crippen molar-refractivity contribution in [2.45, 2.75) is 57.8 Å². The van der Waals surface area contributed by atoms with Gasteiger partial charge in [-0.15, -0.1) is 0 Å². The van der Waals surface area contributed by atoms with E-state index in [0.717, 1.165) is 19.3 Å². The number of hydrogen-bond donors (Lipinski definition) is 1. The minimum atomic E-state index is 0.0428. The van der Waals surface area contributed by atoms with Gasteiger partial charge < -0.3 is 15.4 Å². The molecule has 98 valence electrons. The van der Waals surface area contributed by atoms with Crippen LogP contribution in [0.4, 0.5) is 0 Å². The summed E-state index contributed by atoms with van der Waals surface area (Å²) in [7, 11) is 0. The number of nitrogens with two attached hydrogens (primary N) is 1. The fourth-order valence-electron chi connectivity index (χ4n) is 3.06. The first kappa shape index (κ1) is 12.8. The van der Waals surface area contributed by atoms with Crippen molar-refractivity contribution in [3.05, 3.63) is 0 Å². The van der Waals surface area contributed by atoms with E-state index in [1.807, 2.05) is 18.7 Å². The van der Waals surface area contributed by atoms with Crippen LogP contribution in [-0.2, 0) is 9.53 Å². The minimum Gasteiger partial charge on any atom is -0.372 e. The van der Waals surface area contributed by atoms with Crippen molar-refractivity contribution in [1.29, 1.82) is 0 Å². The van der Waals surface area contributed by atoms with Crippen molar-refractivity contribution in [3.63, 3.8) is 0 Å². The number of amides is 1. The van der Waals surface area contributed by atoms with Gasteiger partial charge >= 0.3 is 0 Å². The molecule has 2 aliphatic rings. The van der Waals surface area contributed by atoms with Crippen LogP contribution in [0.25, 0.3) is 0 Å². The fourth-order valence-corrected chi connectivity index (χ4v) is 3.06. The van der Waals surface area contributed by atoms with E-state index in [4.69, 9.17) is 10.5 Å². The molecule has 4 unspecified atom stereocenters. The van der Waals surface area contributed by atoms with Crippen molar-refractivity contribution < 1.29 is 9.53 Å². The number of carbonyl (C=O) groups is 1. The molecule has 1 aliphatic carbocycles. The van der Waals surface area contributed by atoms with Gasteiger partial charge in [-0.25, -0.2) is 0 Å². The lowest BCUT2D eigenvalue weighted by atomic mass is 9.84. The van der Waals surface area contributed by atoms with Crippen LogP contribution >= 0.6 is 0 Å². The van der Waals surface area contributed by atoms with Gasteiger partial charge in [-0.1, -0.05) is 12.8 Å². The Morgan fingerprint density at radius 1 is 1.18 bits per heavy atom. The van der Waals surface area contributed by atoms with E-state index in [1.165, 1.54) is 6.42 Å². The van der Waals surface area contributed by atoms with Crippen molar-refractivity contribution in [1.82, 2.24) is 4.90 Å². The Bertz CT molecular complexity index is 273. The quantitative estimate of drug-likeness (QED) is 0.748. The lowest BCUT2D eigenvalue weighted by Gasteiger charge is -2.39. The number of nitrogens with zero attached hydrogens (tertiary/aromatic N) is 1. The molecule has 0 radical (unpaired) electrons. The highest BCUT2D eigenvalue weighted by molar-refractivity contribution is 5.79. The molecule has 0 bridgehead atoms. The van der Waals surface area contributed by atoms with Crippen molar-refractivity contribution in [2.24, 2.45) is 11.7 Å². The standard InChI is InChI=1S/C13H24N2O2/c1-9-7-15(8-10(2)17-9)13(16)11-5-3-4-6-12(11)14/h9-12H,3-8,14H2,1-2H3. The van der Waals surface area contributed by atoms with Crippen LogP contribution in [0.5, 0.6) is 0 Å². The largest absolute Gasteiger partial charge is 0.372 e. The number of ether oxygens (including phenoxy) is 1. The Morgan fingerprint density at radius 3 is 2.35 bits per heavy atom. The zero-order valence-corrected chi connectivity index (χ0v) is 10.9. The van der Waals surface area contributed by atoms with E-state index in [2.05, 4.69) is 0 Å². The third kappa shape index (κ3) is 2.99. The maximum Gasteiger partial charge on any atom is 0.227 e. The van der Waals surface area contributed by atoms with Crippen molar-refractivity contribution in [2.75, 3.05) is 13.1 Å². The average molecular weight is 240 g/mol. The molecule has 2 N–H and O–H groups in total. The maximum absolute atomic E-state index is 12.4. The summed E-state index contributed by atoms with van der Waals surface area (Å²) in [6, 6.07) is 0.0599. The predicted molar refractivity (Wildman–Crippen MR) is 66.5 cm³/mol. The molecule has 1 saturated carbocycles. The zero-order valence-electron chi connectivity index (χ0n) is 10.9. The van der Waals surface area contributed by atoms with Gasteiger partial charge in [0.25, 0.3) is 0 Å². The van der Waals surface area contributed by atoms with Crippen LogP contribution in [0.2, 0.25) is 0 Å². The summed E-state index contributed by atoms with van der Waals surface area (Å²) in [5, 5.41) is 0. The van der Waals surface area contributed by atoms with E-state index in [-0.39, 0.29) is 30.1 Å². The second-order valence-corrected chi connectivity index (χ2v) is 5.56. The van der Waals surface area contributed by atoms with Gasteiger partial charge in [-0.05, 0) is 26.7 Å². The molecule has 1 amide bonds. The summed E-state index contributed by atoms with van der Waals surface area (Å²) in [6.45, 7) is 5.48. The average Bonchev–Trinajstić information content (AvgIpc) is 2.27. The van der Waals surface area contributed by atoms with E-state index in [1.54, 1.807) is 0 Å². The number of rotatable bonds is 1. The molecule has 4 nitrogen and oxygen atoms in total. The highest BCUT2D eigenvalue weighted by Crippen LogP contribution is 2.26.